The van der Waals surface area contributed by atoms with E-state index in [2.05, 4.69) is 11.8 Å². The first-order valence-corrected chi connectivity index (χ1v) is 6.89. The van der Waals surface area contributed by atoms with E-state index in [4.69, 9.17) is 4.18 Å². The van der Waals surface area contributed by atoms with Gasteiger partial charge in [-0.3, -0.25) is 4.18 Å². The number of nitrogens with zero attached hydrogens (tertiary/aromatic N) is 1. The Morgan fingerprint density at radius 2 is 2.21 bits per heavy atom. The van der Waals surface area contributed by atoms with E-state index in [1.807, 2.05) is 0 Å². The fourth-order valence-corrected chi connectivity index (χ4v) is 2.23. The van der Waals surface area contributed by atoms with Crippen molar-refractivity contribution in [1.29, 1.82) is 0 Å². The molecule has 0 aromatic carbocycles. The Morgan fingerprint density at radius 1 is 1.50 bits per heavy atom. The van der Waals surface area contributed by atoms with E-state index in [9.17, 15) is 8.42 Å². The van der Waals surface area contributed by atoms with Crippen molar-refractivity contribution in [2.45, 2.75) is 19.8 Å². The molecule has 1 saturated heterocycles. The smallest absolute Gasteiger partial charge is 0.264 e. The molecule has 0 aromatic heterocycles. The molecule has 0 saturated carbocycles. The normalized spacial score (nSPS) is 25.1. The molecule has 1 atom stereocenters. The third-order valence-electron chi connectivity index (χ3n) is 2.57. The molecular weight excluding hydrogens is 202 g/mol. The molecule has 0 N–H and O–H groups in total. The second kappa shape index (κ2) is 5.09. The van der Waals surface area contributed by atoms with Crippen molar-refractivity contribution in [1.82, 2.24) is 4.90 Å². The standard InChI is InChI=1S/C9H19NO3S/c1-3-10-6-4-5-9(7-10)8-13-14(2,11)12/h9H,3-8H2,1-2H3/t9-/m0/s1. The molecule has 1 heterocycles. The van der Waals surface area contributed by atoms with E-state index in [1.165, 1.54) is 0 Å². The van der Waals surface area contributed by atoms with Crippen LogP contribution in [0.15, 0.2) is 0 Å². The number of piperidine rings is 1. The van der Waals surface area contributed by atoms with Crippen molar-refractivity contribution in [2.75, 3.05) is 32.5 Å². The monoisotopic (exact) mass is 221 g/mol. The summed E-state index contributed by atoms with van der Waals surface area (Å²) in [5, 5.41) is 0. The van der Waals surface area contributed by atoms with Gasteiger partial charge in [0.25, 0.3) is 10.1 Å². The van der Waals surface area contributed by atoms with E-state index >= 15 is 0 Å². The maximum atomic E-state index is 10.8. The van der Waals surface area contributed by atoms with Gasteiger partial charge in [-0.25, -0.2) is 0 Å². The molecule has 0 radical (unpaired) electrons. The lowest BCUT2D eigenvalue weighted by atomic mass is 9.99. The van der Waals surface area contributed by atoms with Gasteiger partial charge in [-0.05, 0) is 31.8 Å². The highest BCUT2D eigenvalue weighted by molar-refractivity contribution is 7.85. The van der Waals surface area contributed by atoms with Crippen LogP contribution < -0.4 is 0 Å². The van der Waals surface area contributed by atoms with Gasteiger partial charge in [0, 0.05) is 6.54 Å². The Bertz CT molecular complexity index is 263. The van der Waals surface area contributed by atoms with Crippen LogP contribution in [-0.4, -0.2) is 45.8 Å². The summed E-state index contributed by atoms with van der Waals surface area (Å²) in [7, 11) is -3.27. The Morgan fingerprint density at radius 3 is 2.79 bits per heavy atom. The quantitative estimate of drug-likeness (QED) is 0.655. The lowest BCUT2D eigenvalue weighted by Gasteiger charge is -2.31. The molecule has 0 bridgehead atoms. The van der Waals surface area contributed by atoms with Crippen LogP contribution in [0.3, 0.4) is 0 Å². The second-order valence-corrected chi connectivity index (χ2v) is 5.53. The highest BCUT2D eigenvalue weighted by Gasteiger charge is 2.20. The summed E-state index contributed by atoms with van der Waals surface area (Å²) in [6.45, 7) is 5.60. The molecule has 0 amide bonds. The summed E-state index contributed by atoms with van der Waals surface area (Å²) in [5.74, 6) is 0.374. The van der Waals surface area contributed by atoms with Crippen molar-refractivity contribution in [3.05, 3.63) is 0 Å². The Balaban J connectivity index is 2.31. The third kappa shape index (κ3) is 4.39. The third-order valence-corrected chi connectivity index (χ3v) is 3.13. The predicted octanol–water partition coefficient (Wildman–Crippen LogP) is 0.694. The topological polar surface area (TPSA) is 46.6 Å². The van der Waals surface area contributed by atoms with Gasteiger partial charge in [-0.1, -0.05) is 6.92 Å². The highest BCUT2D eigenvalue weighted by Crippen LogP contribution is 2.16. The summed E-state index contributed by atoms with van der Waals surface area (Å²) in [6.07, 6.45) is 3.32. The minimum Gasteiger partial charge on any atom is -0.303 e. The zero-order valence-electron chi connectivity index (χ0n) is 8.90. The fraction of sp³-hybridized carbons (Fsp3) is 1.00. The first-order valence-electron chi connectivity index (χ1n) is 5.08. The van der Waals surface area contributed by atoms with Crippen LogP contribution >= 0.6 is 0 Å². The molecule has 1 fully saturated rings. The summed E-state index contributed by atoms with van der Waals surface area (Å²) in [5.41, 5.74) is 0. The molecule has 0 aromatic rings. The zero-order valence-corrected chi connectivity index (χ0v) is 9.72. The summed E-state index contributed by atoms with van der Waals surface area (Å²) >= 11 is 0. The molecule has 0 unspecified atom stereocenters. The van der Waals surface area contributed by atoms with Crippen molar-refractivity contribution >= 4 is 10.1 Å². The van der Waals surface area contributed by atoms with E-state index in [0.717, 1.165) is 38.7 Å². The maximum Gasteiger partial charge on any atom is 0.264 e. The van der Waals surface area contributed by atoms with Crippen LogP contribution in [0, 0.1) is 5.92 Å². The van der Waals surface area contributed by atoms with Gasteiger partial charge >= 0.3 is 0 Å². The van der Waals surface area contributed by atoms with Crippen LogP contribution in [0.4, 0.5) is 0 Å². The molecule has 0 spiro atoms. The number of rotatable bonds is 4. The number of hydrogen-bond acceptors (Lipinski definition) is 4. The number of hydrogen-bond donors (Lipinski definition) is 0. The van der Waals surface area contributed by atoms with E-state index in [0.29, 0.717) is 12.5 Å². The van der Waals surface area contributed by atoms with Crippen molar-refractivity contribution in [2.24, 2.45) is 5.92 Å². The van der Waals surface area contributed by atoms with Gasteiger partial charge < -0.3 is 4.90 Å². The minimum absolute atomic E-state index is 0.343. The molecule has 1 aliphatic heterocycles. The summed E-state index contributed by atoms with van der Waals surface area (Å²) in [6, 6.07) is 0. The first kappa shape index (κ1) is 11.9. The van der Waals surface area contributed by atoms with Crippen molar-refractivity contribution < 1.29 is 12.6 Å². The maximum absolute atomic E-state index is 10.8. The first-order chi connectivity index (χ1) is 6.51. The summed E-state index contributed by atoms with van der Waals surface area (Å²) in [4.78, 5) is 2.33. The highest BCUT2D eigenvalue weighted by atomic mass is 32.2. The number of likely N-dealkylation sites (tertiary alicyclic amines) is 1. The lowest BCUT2D eigenvalue weighted by Crippen LogP contribution is -2.37. The average Bonchev–Trinajstić information content (AvgIpc) is 2.14. The van der Waals surface area contributed by atoms with Crippen LogP contribution in [0.5, 0.6) is 0 Å². The van der Waals surface area contributed by atoms with E-state index < -0.39 is 10.1 Å². The van der Waals surface area contributed by atoms with Gasteiger partial charge in [0.15, 0.2) is 0 Å². The molecule has 84 valence electrons. The predicted molar refractivity (Wildman–Crippen MR) is 55.6 cm³/mol. The van der Waals surface area contributed by atoms with Gasteiger partial charge in [0.05, 0.1) is 12.9 Å². The van der Waals surface area contributed by atoms with E-state index in [1.54, 1.807) is 0 Å². The molecular formula is C9H19NO3S. The zero-order chi connectivity index (χ0) is 10.6. The van der Waals surface area contributed by atoms with Crippen LogP contribution in [-0.2, 0) is 14.3 Å². The molecule has 5 heteroatoms. The minimum atomic E-state index is -3.27. The summed E-state index contributed by atoms with van der Waals surface area (Å²) < 4.78 is 26.4. The van der Waals surface area contributed by atoms with Gasteiger partial charge in [-0.15, -0.1) is 0 Å². The fourth-order valence-electron chi connectivity index (χ4n) is 1.79. The molecule has 0 aliphatic carbocycles. The molecule has 14 heavy (non-hydrogen) atoms. The lowest BCUT2D eigenvalue weighted by molar-refractivity contribution is 0.138. The molecule has 4 nitrogen and oxygen atoms in total. The van der Waals surface area contributed by atoms with Crippen LogP contribution in [0.1, 0.15) is 19.8 Å². The average molecular weight is 221 g/mol. The van der Waals surface area contributed by atoms with Gasteiger partial charge in [-0.2, -0.15) is 8.42 Å². The van der Waals surface area contributed by atoms with Crippen molar-refractivity contribution in [3.8, 4) is 0 Å². The van der Waals surface area contributed by atoms with E-state index in [-0.39, 0.29) is 0 Å². The second-order valence-electron chi connectivity index (χ2n) is 3.89. The van der Waals surface area contributed by atoms with Gasteiger partial charge in [0.2, 0.25) is 0 Å². The van der Waals surface area contributed by atoms with Crippen LogP contribution in [0.2, 0.25) is 0 Å². The largest absolute Gasteiger partial charge is 0.303 e. The SMILES string of the molecule is CCN1CCC[C@H](COS(C)(=O)=O)C1. The van der Waals surface area contributed by atoms with Crippen LogP contribution in [0.25, 0.3) is 0 Å². The van der Waals surface area contributed by atoms with Gasteiger partial charge in [0.1, 0.15) is 0 Å². The Labute approximate surface area is 86.4 Å². The Kier molecular flexibility index (Phi) is 4.34. The molecule has 1 aliphatic rings. The Hall–Kier alpha value is -0.130. The molecule has 1 rings (SSSR count). The van der Waals surface area contributed by atoms with Crippen molar-refractivity contribution in [3.63, 3.8) is 0 Å².